The highest BCUT2D eigenvalue weighted by Crippen LogP contribution is 2.18. The topological polar surface area (TPSA) is 59.3 Å². The fourth-order valence-electron chi connectivity index (χ4n) is 1.91. The van der Waals surface area contributed by atoms with Crippen LogP contribution in [0.5, 0.6) is 0 Å². The van der Waals surface area contributed by atoms with E-state index in [0.717, 1.165) is 5.65 Å². The number of hydrogen-bond acceptors (Lipinski definition) is 3. The molecule has 0 fully saturated rings. The number of pyridine rings is 2. The lowest BCUT2D eigenvalue weighted by atomic mass is 10.3. The van der Waals surface area contributed by atoms with E-state index in [-0.39, 0.29) is 5.91 Å². The van der Waals surface area contributed by atoms with Gasteiger partial charge in [-0.2, -0.15) is 0 Å². The van der Waals surface area contributed by atoms with E-state index < -0.39 is 0 Å². The van der Waals surface area contributed by atoms with Gasteiger partial charge in [-0.25, -0.2) is 4.98 Å². The van der Waals surface area contributed by atoms with E-state index in [0.29, 0.717) is 16.5 Å². The molecule has 0 saturated heterocycles. The lowest BCUT2D eigenvalue weighted by Gasteiger charge is -2.00. The van der Waals surface area contributed by atoms with Crippen molar-refractivity contribution in [3.8, 4) is 0 Å². The summed E-state index contributed by atoms with van der Waals surface area (Å²) in [6.45, 7) is 0. The number of aromatic nitrogens is 3. The first kappa shape index (κ1) is 13.3. The number of amides is 1. The summed E-state index contributed by atoms with van der Waals surface area (Å²) >= 11 is 6.09. The summed E-state index contributed by atoms with van der Waals surface area (Å²) in [6, 6.07) is 9.03. The molecule has 6 heteroatoms. The summed E-state index contributed by atoms with van der Waals surface area (Å²) in [5.74, 6) is -0.247. The maximum Gasteiger partial charge on any atom is 0.248 e. The quantitative estimate of drug-likeness (QED) is 0.756. The zero-order valence-corrected chi connectivity index (χ0v) is 11.7. The molecule has 0 atom stereocenters. The molecule has 0 spiro atoms. The molecule has 0 aliphatic rings. The highest BCUT2D eigenvalue weighted by atomic mass is 35.5. The van der Waals surface area contributed by atoms with Crippen molar-refractivity contribution in [2.75, 3.05) is 5.32 Å². The van der Waals surface area contributed by atoms with Crippen LogP contribution in [0.3, 0.4) is 0 Å². The molecule has 1 N–H and O–H groups in total. The molecule has 3 aromatic heterocycles. The first-order valence-corrected chi connectivity index (χ1v) is 6.63. The van der Waals surface area contributed by atoms with Crippen molar-refractivity contribution in [3.05, 3.63) is 65.8 Å². The zero-order valence-electron chi connectivity index (χ0n) is 10.9. The Balaban J connectivity index is 1.81. The Morgan fingerprint density at radius 3 is 2.86 bits per heavy atom. The summed E-state index contributed by atoms with van der Waals surface area (Å²) in [5.41, 5.74) is 2.08. The van der Waals surface area contributed by atoms with Crippen molar-refractivity contribution >= 4 is 34.9 Å². The molecule has 0 radical (unpaired) electrons. The number of fused-ring (bicyclic) bond motifs is 1. The Bertz CT molecular complexity index is 811. The molecule has 0 aliphatic heterocycles. The molecule has 0 aromatic carbocycles. The summed E-state index contributed by atoms with van der Waals surface area (Å²) in [6.07, 6.45) is 8.12. The molecule has 21 heavy (non-hydrogen) atoms. The average molecular weight is 299 g/mol. The van der Waals surface area contributed by atoms with Crippen LogP contribution in [0.15, 0.2) is 55.0 Å². The smallest absolute Gasteiger partial charge is 0.248 e. The minimum atomic E-state index is -0.247. The van der Waals surface area contributed by atoms with Crippen molar-refractivity contribution in [1.29, 1.82) is 0 Å². The number of carbonyl (C=O) groups is 1. The maximum atomic E-state index is 11.9. The lowest BCUT2D eigenvalue weighted by Crippen LogP contribution is -2.07. The monoisotopic (exact) mass is 298 g/mol. The van der Waals surface area contributed by atoms with E-state index in [9.17, 15) is 4.79 Å². The number of nitrogens with one attached hydrogen (secondary N) is 1. The predicted octanol–water partition coefficient (Wildman–Crippen LogP) is 3.03. The minimum Gasteiger partial charge on any atom is -0.322 e. The fourth-order valence-corrected chi connectivity index (χ4v) is 2.15. The Labute approximate surface area is 125 Å². The maximum absolute atomic E-state index is 11.9. The van der Waals surface area contributed by atoms with Crippen molar-refractivity contribution < 1.29 is 4.79 Å². The lowest BCUT2D eigenvalue weighted by molar-refractivity contribution is -0.111. The first-order chi connectivity index (χ1) is 10.2. The second-order valence-electron chi connectivity index (χ2n) is 4.28. The van der Waals surface area contributed by atoms with Gasteiger partial charge in [0.05, 0.1) is 5.69 Å². The molecule has 3 aromatic rings. The van der Waals surface area contributed by atoms with Crippen molar-refractivity contribution in [2.45, 2.75) is 0 Å². The van der Waals surface area contributed by atoms with Gasteiger partial charge in [0, 0.05) is 30.4 Å². The van der Waals surface area contributed by atoms with Gasteiger partial charge in [-0.1, -0.05) is 17.7 Å². The van der Waals surface area contributed by atoms with Gasteiger partial charge in [0.2, 0.25) is 5.91 Å². The van der Waals surface area contributed by atoms with Crippen LogP contribution in [0.4, 0.5) is 5.69 Å². The number of nitrogens with zero attached hydrogens (tertiary/aromatic N) is 3. The number of halogens is 1. The Hall–Kier alpha value is -2.66. The zero-order chi connectivity index (χ0) is 14.7. The van der Waals surface area contributed by atoms with Crippen LogP contribution in [0.1, 0.15) is 5.69 Å². The van der Waals surface area contributed by atoms with Gasteiger partial charge in [0.25, 0.3) is 0 Å². The van der Waals surface area contributed by atoms with E-state index in [2.05, 4.69) is 15.3 Å². The standard InChI is InChI=1S/C15H11ClN4O/c16-15-12(20-10-2-1-3-13(20)19-15)4-5-14(21)18-11-6-8-17-9-7-11/h1-10H,(H,17,18,21)/b5-4+. The van der Waals surface area contributed by atoms with E-state index in [1.807, 2.05) is 28.8 Å². The third-order valence-electron chi connectivity index (χ3n) is 2.86. The summed E-state index contributed by atoms with van der Waals surface area (Å²) in [4.78, 5) is 20.0. The van der Waals surface area contributed by atoms with Crippen LogP contribution in [0, 0.1) is 0 Å². The van der Waals surface area contributed by atoms with E-state index >= 15 is 0 Å². The molecule has 5 nitrogen and oxygen atoms in total. The van der Waals surface area contributed by atoms with E-state index in [1.165, 1.54) is 6.08 Å². The summed E-state index contributed by atoms with van der Waals surface area (Å²) < 4.78 is 1.82. The van der Waals surface area contributed by atoms with Crippen LogP contribution in [0.25, 0.3) is 11.7 Å². The molecule has 3 heterocycles. The molecule has 3 rings (SSSR count). The van der Waals surface area contributed by atoms with Crippen LogP contribution in [0.2, 0.25) is 5.15 Å². The molecular weight excluding hydrogens is 288 g/mol. The van der Waals surface area contributed by atoms with Crippen LogP contribution >= 0.6 is 11.6 Å². The van der Waals surface area contributed by atoms with Gasteiger partial charge in [0.15, 0.2) is 5.15 Å². The average Bonchev–Trinajstić information content (AvgIpc) is 2.81. The predicted molar refractivity (Wildman–Crippen MR) is 82.1 cm³/mol. The third-order valence-corrected chi connectivity index (χ3v) is 3.14. The fraction of sp³-hybridized carbons (Fsp3) is 0. The van der Waals surface area contributed by atoms with Crippen LogP contribution < -0.4 is 5.32 Å². The second kappa shape index (κ2) is 5.76. The number of imidazole rings is 1. The van der Waals surface area contributed by atoms with Gasteiger partial charge in [-0.3, -0.25) is 14.2 Å². The SMILES string of the molecule is O=C(/C=C/c1c(Cl)nc2ccccn12)Nc1ccncc1. The molecular formula is C15H11ClN4O. The van der Waals surface area contributed by atoms with Gasteiger partial charge in [-0.15, -0.1) is 0 Å². The van der Waals surface area contributed by atoms with Crippen LogP contribution in [-0.4, -0.2) is 20.3 Å². The molecule has 0 bridgehead atoms. The Morgan fingerprint density at radius 2 is 2.05 bits per heavy atom. The largest absolute Gasteiger partial charge is 0.322 e. The first-order valence-electron chi connectivity index (χ1n) is 6.26. The number of rotatable bonds is 3. The van der Waals surface area contributed by atoms with Crippen LogP contribution in [-0.2, 0) is 4.79 Å². The van der Waals surface area contributed by atoms with Crippen molar-refractivity contribution in [2.24, 2.45) is 0 Å². The van der Waals surface area contributed by atoms with Gasteiger partial charge in [0.1, 0.15) is 5.65 Å². The highest BCUT2D eigenvalue weighted by Gasteiger charge is 2.07. The number of anilines is 1. The van der Waals surface area contributed by atoms with E-state index in [4.69, 9.17) is 11.6 Å². The molecule has 0 unspecified atom stereocenters. The Morgan fingerprint density at radius 1 is 1.24 bits per heavy atom. The molecule has 0 aliphatic carbocycles. The normalized spacial score (nSPS) is 11.1. The van der Waals surface area contributed by atoms with Gasteiger partial charge >= 0.3 is 0 Å². The summed E-state index contributed by atoms with van der Waals surface area (Å²) in [7, 11) is 0. The highest BCUT2D eigenvalue weighted by molar-refractivity contribution is 6.31. The van der Waals surface area contributed by atoms with Gasteiger partial charge < -0.3 is 5.32 Å². The third kappa shape index (κ3) is 2.93. The Kier molecular flexibility index (Phi) is 3.66. The second-order valence-corrected chi connectivity index (χ2v) is 4.63. The number of hydrogen-bond donors (Lipinski definition) is 1. The number of carbonyl (C=O) groups excluding carboxylic acids is 1. The van der Waals surface area contributed by atoms with Gasteiger partial charge in [-0.05, 0) is 30.3 Å². The molecule has 0 saturated carbocycles. The van der Waals surface area contributed by atoms with Crippen molar-refractivity contribution in [1.82, 2.24) is 14.4 Å². The molecule has 1 amide bonds. The van der Waals surface area contributed by atoms with E-state index in [1.54, 1.807) is 30.6 Å². The summed E-state index contributed by atoms with van der Waals surface area (Å²) in [5, 5.41) is 3.09. The van der Waals surface area contributed by atoms with Crippen molar-refractivity contribution in [3.63, 3.8) is 0 Å². The minimum absolute atomic E-state index is 0.247. The molecule has 104 valence electrons.